The van der Waals surface area contributed by atoms with Gasteiger partial charge in [0.1, 0.15) is 5.82 Å². The van der Waals surface area contributed by atoms with Gasteiger partial charge in [-0.05, 0) is 60.9 Å². The number of nitrogens with one attached hydrogen (secondary N) is 1. The number of hydrogen-bond acceptors (Lipinski definition) is 2. The van der Waals surface area contributed by atoms with Crippen molar-refractivity contribution in [3.8, 4) is 0 Å². The molecule has 0 heterocycles. The van der Waals surface area contributed by atoms with Crippen molar-refractivity contribution >= 4 is 21.6 Å². The van der Waals surface area contributed by atoms with E-state index < -0.39 is 21.6 Å². The van der Waals surface area contributed by atoms with Crippen LogP contribution in [0, 0.1) is 5.82 Å². The number of aryl methyl sites for hydroxylation is 2. The van der Waals surface area contributed by atoms with E-state index in [1.807, 2.05) is 13.0 Å². The minimum Gasteiger partial charge on any atom is -0.212 e. The summed E-state index contributed by atoms with van der Waals surface area (Å²) in [5.74, 6) is -1.08. The highest BCUT2D eigenvalue weighted by atomic mass is 35.5. The third-order valence-corrected chi connectivity index (χ3v) is 6.57. The molecular formula is C20H23ClFNO2S. The summed E-state index contributed by atoms with van der Waals surface area (Å²) >= 11 is 5.97. The molecule has 0 amide bonds. The Hall–Kier alpha value is -1.43. The van der Waals surface area contributed by atoms with Gasteiger partial charge in [0.05, 0.1) is 5.75 Å². The maximum absolute atomic E-state index is 13.9. The summed E-state index contributed by atoms with van der Waals surface area (Å²) in [6.45, 7) is 1.93. The first-order chi connectivity index (χ1) is 12.4. The maximum atomic E-state index is 13.9. The average molecular weight is 396 g/mol. The van der Waals surface area contributed by atoms with Gasteiger partial charge in [0.25, 0.3) is 0 Å². The highest BCUT2D eigenvalue weighted by molar-refractivity contribution is 7.88. The summed E-state index contributed by atoms with van der Waals surface area (Å²) in [5.41, 5.74) is 3.62. The minimum atomic E-state index is -3.73. The van der Waals surface area contributed by atoms with Crippen LogP contribution in [0.1, 0.15) is 54.5 Å². The molecule has 1 N–H and O–H groups in total. The quantitative estimate of drug-likeness (QED) is 0.753. The molecule has 0 radical (unpaired) electrons. The first kappa shape index (κ1) is 19.3. The molecule has 0 unspecified atom stereocenters. The first-order valence-electron chi connectivity index (χ1n) is 8.94. The summed E-state index contributed by atoms with van der Waals surface area (Å²) in [6.07, 6.45) is 5.12. The summed E-state index contributed by atoms with van der Waals surface area (Å²) < 4.78 is 41.8. The summed E-state index contributed by atoms with van der Waals surface area (Å²) in [4.78, 5) is 0. The molecule has 3 nitrogen and oxygen atoms in total. The monoisotopic (exact) mass is 395 g/mol. The van der Waals surface area contributed by atoms with Gasteiger partial charge in [-0.2, -0.15) is 0 Å². The maximum Gasteiger partial charge on any atom is 0.216 e. The SMILES string of the molecule is CC[C@H](NS(=O)(=O)Cc1c(F)cccc1Cl)c1ccc2c(c1)CCCC2. The Kier molecular flexibility index (Phi) is 6.00. The van der Waals surface area contributed by atoms with Crippen molar-refractivity contribution in [3.63, 3.8) is 0 Å². The van der Waals surface area contributed by atoms with Crippen molar-refractivity contribution in [3.05, 3.63) is 69.5 Å². The van der Waals surface area contributed by atoms with Gasteiger partial charge in [0.2, 0.25) is 10.0 Å². The van der Waals surface area contributed by atoms with E-state index in [9.17, 15) is 12.8 Å². The molecule has 0 aromatic heterocycles. The fourth-order valence-corrected chi connectivity index (χ4v) is 5.28. The molecule has 1 atom stereocenters. The Bertz CT molecular complexity index is 878. The summed E-state index contributed by atoms with van der Waals surface area (Å²) in [7, 11) is -3.73. The van der Waals surface area contributed by atoms with Crippen LogP contribution in [0.5, 0.6) is 0 Å². The molecule has 0 saturated carbocycles. The van der Waals surface area contributed by atoms with Gasteiger partial charge in [0, 0.05) is 16.6 Å². The second kappa shape index (κ2) is 8.07. The van der Waals surface area contributed by atoms with Crippen LogP contribution in [-0.4, -0.2) is 8.42 Å². The fraction of sp³-hybridized carbons (Fsp3) is 0.400. The molecule has 0 spiro atoms. The lowest BCUT2D eigenvalue weighted by molar-refractivity contribution is 0.545. The van der Waals surface area contributed by atoms with E-state index in [1.165, 1.54) is 42.2 Å². The Morgan fingerprint density at radius 1 is 1.15 bits per heavy atom. The van der Waals surface area contributed by atoms with E-state index in [2.05, 4.69) is 16.9 Å². The zero-order valence-electron chi connectivity index (χ0n) is 14.8. The number of hydrogen-bond donors (Lipinski definition) is 1. The highest BCUT2D eigenvalue weighted by Crippen LogP contribution is 2.27. The zero-order valence-corrected chi connectivity index (χ0v) is 16.3. The Balaban J connectivity index is 1.81. The predicted octanol–water partition coefficient (Wildman–Crippen LogP) is 4.93. The van der Waals surface area contributed by atoms with Gasteiger partial charge in [0.15, 0.2) is 0 Å². The second-order valence-electron chi connectivity index (χ2n) is 6.77. The van der Waals surface area contributed by atoms with E-state index in [1.54, 1.807) is 0 Å². The van der Waals surface area contributed by atoms with Crippen molar-refractivity contribution in [1.82, 2.24) is 4.72 Å². The lowest BCUT2D eigenvalue weighted by Crippen LogP contribution is -2.30. The van der Waals surface area contributed by atoms with Crippen molar-refractivity contribution in [2.45, 2.75) is 50.8 Å². The molecule has 2 aromatic carbocycles. The van der Waals surface area contributed by atoms with Gasteiger partial charge in [-0.1, -0.05) is 42.8 Å². The van der Waals surface area contributed by atoms with Crippen LogP contribution in [0.2, 0.25) is 5.02 Å². The van der Waals surface area contributed by atoms with Gasteiger partial charge < -0.3 is 0 Å². The third-order valence-electron chi connectivity index (χ3n) is 4.90. The largest absolute Gasteiger partial charge is 0.216 e. The van der Waals surface area contributed by atoms with E-state index in [4.69, 9.17) is 11.6 Å². The van der Waals surface area contributed by atoms with Crippen molar-refractivity contribution in [2.24, 2.45) is 0 Å². The van der Waals surface area contributed by atoms with E-state index in [0.717, 1.165) is 18.4 Å². The number of sulfonamides is 1. The Morgan fingerprint density at radius 3 is 2.58 bits per heavy atom. The number of halogens is 2. The van der Waals surface area contributed by atoms with Crippen molar-refractivity contribution in [1.29, 1.82) is 0 Å². The first-order valence-corrected chi connectivity index (χ1v) is 11.0. The van der Waals surface area contributed by atoms with Crippen LogP contribution >= 0.6 is 11.6 Å². The fourth-order valence-electron chi connectivity index (χ4n) is 3.48. The predicted molar refractivity (Wildman–Crippen MR) is 103 cm³/mol. The molecule has 0 aliphatic heterocycles. The van der Waals surface area contributed by atoms with Gasteiger partial charge in [-0.15, -0.1) is 0 Å². The molecule has 0 fully saturated rings. The third kappa shape index (κ3) is 4.45. The van der Waals surface area contributed by atoms with Gasteiger partial charge in [-0.25, -0.2) is 17.5 Å². The molecule has 3 rings (SSSR count). The van der Waals surface area contributed by atoms with Gasteiger partial charge >= 0.3 is 0 Å². The number of fused-ring (bicyclic) bond motifs is 1. The van der Waals surface area contributed by atoms with Crippen LogP contribution in [0.25, 0.3) is 0 Å². The lowest BCUT2D eigenvalue weighted by atomic mass is 9.89. The Morgan fingerprint density at radius 2 is 1.88 bits per heavy atom. The van der Waals surface area contributed by atoms with Gasteiger partial charge in [-0.3, -0.25) is 0 Å². The highest BCUT2D eigenvalue weighted by Gasteiger charge is 2.22. The lowest BCUT2D eigenvalue weighted by Gasteiger charge is -2.22. The number of rotatable bonds is 6. The average Bonchev–Trinajstić information content (AvgIpc) is 2.62. The van der Waals surface area contributed by atoms with Crippen LogP contribution < -0.4 is 4.72 Å². The number of benzene rings is 2. The normalized spacial score (nSPS) is 15.5. The van der Waals surface area contributed by atoms with Crippen LogP contribution in [0.15, 0.2) is 36.4 Å². The smallest absolute Gasteiger partial charge is 0.212 e. The molecule has 2 aromatic rings. The van der Waals surface area contributed by atoms with Crippen molar-refractivity contribution in [2.75, 3.05) is 0 Å². The summed E-state index contributed by atoms with van der Waals surface area (Å²) in [6, 6.07) is 10.1. The van der Waals surface area contributed by atoms with Crippen LogP contribution in [0.3, 0.4) is 0 Å². The second-order valence-corrected chi connectivity index (χ2v) is 8.93. The van der Waals surface area contributed by atoms with E-state index in [-0.39, 0.29) is 16.6 Å². The zero-order chi connectivity index (χ0) is 18.7. The topological polar surface area (TPSA) is 46.2 Å². The molecule has 0 saturated heterocycles. The molecule has 140 valence electrons. The Labute approximate surface area is 159 Å². The minimum absolute atomic E-state index is 0.00182. The standard InChI is InChI=1S/C20H23ClFNO2S/c1-2-20(16-11-10-14-6-3-4-7-15(14)12-16)23-26(24,25)13-17-18(21)8-5-9-19(17)22/h5,8-12,20,23H,2-4,6-7,13H2,1H3/t20-/m0/s1. The summed E-state index contributed by atoms with van der Waals surface area (Å²) in [5, 5.41) is 0.122. The molecule has 1 aliphatic carbocycles. The van der Waals surface area contributed by atoms with E-state index >= 15 is 0 Å². The molecule has 26 heavy (non-hydrogen) atoms. The van der Waals surface area contributed by atoms with Crippen LogP contribution in [-0.2, 0) is 28.6 Å². The molecular weight excluding hydrogens is 373 g/mol. The molecule has 0 bridgehead atoms. The molecule has 1 aliphatic rings. The van der Waals surface area contributed by atoms with Crippen molar-refractivity contribution < 1.29 is 12.8 Å². The molecule has 6 heteroatoms. The van der Waals surface area contributed by atoms with Crippen LogP contribution in [0.4, 0.5) is 4.39 Å². The van der Waals surface area contributed by atoms with E-state index in [0.29, 0.717) is 6.42 Å².